The highest BCUT2D eigenvalue weighted by Crippen LogP contribution is 2.42. The van der Waals surface area contributed by atoms with Gasteiger partial charge in [0.1, 0.15) is 0 Å². The van der Waals surface area contributed by atoms with Gasteiger partial charge in [0, 0.05) is 5.56 Å². The minimum absolute atomic E-state index is 0.0990. The number of rotatable bonds is 3. The standard InChI is InChI=1S/C17H19F3O/c1-11(2)10-12-8-9-15(16(3,21)17(18,19)20)14-7-5-4-6-13(12)14/h4-9,11,21H,10H2,1-3H3. The number of aliphatic hydroxyl groups is 1. The predicted molar refractivity (Wildman–Crippen MR) is 78.1 cm³/mol. The van der Waals surface area contributed by atoms with Gasteiger partial charge in [-0.1, -0.05) is 50.2 Å². The number of hydrogen-bond acceptors (Lipinski definition) is 1. The maximum Gasteiger partial charge on any atom is 0.421 e. The molecule has 2 aromatic rings. The molecular weight excluding hydrogens is 277 g/mol. The van der Waals surface area contributed by atoms with Gasteiger partial charge in [0.2, 0.25) is 0 Å². The Balaban J connectivity index is 2.69. The SMILES string of the molecule is CC(C)Cc1ccc(C(C)(O)C(F)(F)F)c2ccccc12. The average molecular weight is 296 g/mol. The molecule has 0 saturated heterocycles. The summed E-state index contributed by atoms with van der Waals surface area (Å²) in [4.78, 5) is 0. The highest BCUT2D eigenvalue weighted by molar-refractivity contribution is 5.89. The minimum Gasteiger partial charge on any atom is -0.376 e. The molecule has 1 unspecified atom stereocenters. The zero-order valence-corrected chi connectivity index (χ0v) is 12.3. The first-order chi connectivity index (χ1) is 9.64. The van der Waals surface area contributed by atoms with E-state index in [0.717, 1.165) is 24.3 Å². The van der Waals surface area contributed by atoms with Crippen LogP contribution in [-0.2, 0) is 12.0 Å². The Morgan fingerprint density at radius 3 is 2.10 bits per heavy atom. The van der Waals surface area contributed by atoms with Crippen LogP contribution in [0.5, 0.6) is 0 Å². The molecular formula is C17H19F3O. The van der Waals surface area contributed by atoms with E-state index in [0.29, 0.717) is 11.3 Å². The van der Waals surface area contributed by atoms with E-state index in [1.54, 1.807) is 24.3 Å². The van der Waals surface area contributed by atoms with Gasteiger partial charge in [0.05, 0.1) is 0 Å². The summed E-state index contributed by atoms with van der Waals surface area (Å²) < 4.78 is 39.3. The molecule has 0 aromatic heterocycles. The van der Waals surface area contributed by atoms with Gasteiger partial charge in [0.15, 0.2) is 5.60 Å². The second-order valence-corrected chi connectivity index (χ2v) is 5.99. The lowest BCUT2D eigenvalue weighted by Crippen LogP contribution is -2.39. The van der Waals surface area contributed by atoms with Crippen molar-refractivity contribution in [3.8, 4) is 0 Å². The van der Waals surface area contributed by atoms with Crippen LogP contribution >= 0.6 is 0 Å². The molecule has 0 aliphatic rings. The van der Waals surface area contributed by atoms with Crippen LogP contribution < -0.4 is 0 Å². The zero-order valence-electron chi connectivity index (χ0n) is 12.3. The van der Waals surface area contributed by atoms with Crippen LogP contribution in [0, 0.1) is 5.92 Å². The van der Waals surface area contributed by atoms with E-state index in [4.69, 9.17) is 0 Å². The molecule has 1 atom stereocenters. The molecule has 0 aliphatic carbocycles. The van der Waals surface area contributed by atoms with Gasteiger partial charge in [-0.05, 0) is 35.6 Å². The van der Waals surface area contributed by atoms with Crippen LogP contribution in [0.3, 0.4) is 0 Å². The molecule has 2 aromatic carbocycles. The average Bonchev–Trinajstić information content (AvgIpc) is 2.37. The summed E-state index contributed by atoms with van der Waals surface area (Å²) in [5.41, 5.74) is -1.95. The van der Waals surface area contributed by atoms with Gasteiger partial charge in [-0.15, -0.1) is 0 Å². The van der Waals surface area contributed by atoms with E-state index >= 15 is 0 Å². The van der Waals surface area contributed by atoms with Gasteiger partial charge in [0.25, 0.3) is 0 Å². The number of benzene rings is 2. The topological polar surface area (TPSA) is 20.2 Å². The van der Waals surface area contributed by atoms with E-state index in [1.807, 2.05) is 6.07 Å². The van der Waals surface area contributed by atoms with Crippen molar-refractivity contribution in [1.29, 1.82) is 0 Å². The van der Waals surface area contributed by atoms with Gasteiger partial charge in [-0.2, -0.15) is 13.2 Å². The summed E-state index contributed by atoms with van der Waals surface area (Å²) in [5.74, 6) is 0.405. The van der Waals surface area contributed by atoms with Crippen molar-refractivity contribution in [2.75, 3.05) is 0 Å². The summed E-state index contributed by atoms with van der Waals surface area (Å²) in [6.07, 6.45) is -3.93. The second kappa shape index (κ2) is 5.34. The fourth-order valence-electron chi connectivity index (χ4n) is 2.56. The molecule has 0 bridgehead atoms. The van der Waals surface area contributed by atoms with Gasteiger partial charge >= 0.3 is 6.18 Å². The van der Waals surface area contributed by atoms with Crippen LogP contribution in [0.15, 0.2) is 36.4 Å². The first kappa shape index (κ1) is 15.8. The first-order valence-corrected chi connectivity index (χ1v) is 6.95. The fourth-order valence-corrected chi connectivity index (χ4v) is 2.56. The van der Waals surface area contributed by atoms with E-state index in [-0.39, 0.29) is 5.56 Å². The van der Waals surface area contributed by atoms with Gasteiger partial charge in [-0.25, -0.2) is 0 Å². The van der Waals surface area contributed by atoms with Crippen molar-refractivity contribution >= 4 is 10.8 Å². The number of halogens is 3. The number of alkyl halides is 3. The van der Waals surface area contributed by atoms with Crippen LogP contribution in [0.25, 0.3) is 10.8 Å². The van der Waals surface area contributed by atoms with Crippen molar-refractivity contribution in [3.63, 3.8) is 0 Å². The van der Waals surface area contributed by atoms with E-state index in [9.17, 15) is 18.3 Å². The van der Waals surface area contributed by atoms with E-state index in [2.05, 4.69) is 13.8 Å². The normalized spacial score (nSPS) is 15.4. The molecule has 1 N–H and O–H groups in total. The molecule has 114 valence electrons. The Kier molecular flexibility index (Phi) is 4.02. The zero-order chi connectivity index (χ0) is 15.8. The monoisotopic (exact) mass is 296 g/mol. The highest BCUT2D eigenvalue weighted by Gasteiger charge is 2.51. The molecule has 2 rings (SSSR count). The van der Waals surface area contributed by atoms with Crippen molar-refractivity contribution < 1.29 is 18.3 Å². The summed E-state index contributed by atoms with van der Waals surface area (Å²) in [6.45, 7) is 4.93. The maximum absolute atomic E-state index is 13.1. The summed E-state index contributed by atoms with van der Waals surface area (Å²) >= 11 is 0. The van der Waals surface area contributed by atoms with Crippen LogP contribution in [0.1, 0.15) is 31.9 Å². The number of hydrogen-bond donors (Lipinski definition) is 1. The molecule has 1 nitrogen and oxygen atoms in total. The third kappa shape index (κ3) is 2.91. The third-order valence-corrected chi connectivity index (χ3v) is 3.72. The van der Waals surface area contributed by atoms with Crippen LogP contribution in [0.4, 0.5) is 13.2 Å². The molecule has 0 amide bonds. The second-order valence-electron chi connectivity index (χ2n) is 5.99. The largest absolute Gasteiger partial charge is 0.421 e. The molecule has 21 heavy (non-hydrogen) atoms. The highest BCUT2D eigenvalue weighted by atomic mass is 19.4. The minimum atomic E-state index is -4.71. The van der Waals surface area contributed by atoms with Gasteiger partial charge in [-0.3, -0.25) is 0 Å². The van der Waals surface area contributed by atoms with Gasteiger partial charge < -0.3 is 5.11 Å². The summed E-state index contributed by atoms with van der Waals surface area (Å²) in [6, 6.07) is 10.0. The first-order valence-electron chi connectivity index (χ1n) is 6.95. The van der Waals surface area contributed by atoms with Crippen molar-refractivity contribution in [2.45, 2.75) is 39.0 Å². The number of fused-ring (bicyclic) bond motifs is 1. The molecule has 0 aliphatic heterocycles. The predicted octanol–water partition coefficient (Wildman–Crippen LogP) is 4.81. The Labute approximate surface area is 122 Å². The molecule has 0 saturated carbocycles. The van der Waals surface area contributed by atoms with Crippen molar-refractivity contribution in [1.82, 2.24) is 0 Å². The smallest absolute Gasteiger partial charge is 0.376 e. The molecule has 0 radical (unpaired) electrons. The maximum atomic E-state index is 13.1. The Bertz CT molecular complexity index is 642. The van der Waals surface area contributed by atoms with Crippen molar-refractivity contribution in [3.05, 3.63) is 47.5 Å². The van der Waals surface area contributed by atoms with E-state index in [1.165, 1.54) is 6.07 Å². The lowest BCUT2D eigenvalue weighted by atomic mass is 9.87. The van der Waals surface area contributed by atoms with Crippen LogP contribution in [0.2, 0.25) is 0 Å². The lowest BCUT2D eigenvalue weighted by Gasteiger charge is -2.28. The quantitative estimate of drug-likeness (QED) is 0.862. The molecule has 4 heteroatoms. The van der Waals surface area contributed by atoms with Crippen molar-refractivity contribution in [2.24, 2.45) is 5.92 Å². The molecule has 0 heterocycles. The third-order valence-electron chi connectivity index (χ3n) is 3.72. The summed E-state index contributed by atoms with van der Waals surface area (Å²) in [5, 5.41) is 11.2. The van der Waals surface area contributed by atoms with E-state index < -0.39 is 11.8 Å². The molecule has 0 spiro atoms. The lowest BCUT2D eigenvalue weighted by molar-refractivity contribution is -0.258. The molecule has 0 fully saturated rings. The Morgan fingerprint density at radius 1 is 1.00 bits per heavy atom. The fraction of sp³-hybridized carbons (Fsp3) is 0.412. The Hall–Kier alpha value is -1.55. The van der Waals surface area contributed by atoms with Crippen LogP contribution in [-0.4, -0.2) is 11.3 Å². The Morgan fingerprint density at radius 2 is 1.57 bits per heavy atom. The summed E-state index contributed by atoms with van der Waals surface area (Å²) in [7, 11) is 0.